The monoisotopic (exact) mass is 654 g/mol. The maximum atomic E-state index is 11.9. The van der Waals surface area contributed by atoms with Crippen molar-refractivity contribution in [1.82, 2.24) is 0 Å². The molecule has 6 atom stereocenters. The molecule has 2 heterocycles. The van der Waals surface area contributed by atoms with Crippen LogP contribution in [-0.4, -0.2) is 46.9 Å². The Kier molecular flexibility index (Phi) is 9.12. The Labute approximate surface area is 284 Å². The van der Waals surface area contributed by atoms with Gasteiger partial charge in [0.2, 0.25) is 0 Å². The molecule has 2 aliphatic heterocycles. The third kappa shape index (κ3) is 5.73. The van der Waals surface area contributed by atoms with Crippen LogP contribution in [-0.2, 0) is 25.7 Å². The number of fused-ring (bicyclic) bond motifs is 6. The number of ether oxygens (including phenoxy) is 3. The maximum Gasteiger partial charge on any atom is 0.164 e. The third-order valence-corrected chi connectivity index (χ3v) is 11.3. The highest BCUT2D eigenvalue weighted by molar-refractivity contribution is 5.83. The van der Waals surface area contributed by atoms with Crippen molar-refractivity contribution in [3.05, 3.63) is 75.9 Å². The van der Waals surface area contributed by atoms with Gasteiger partial charge in [-0.1, -0.05) is 45.4 Å². The number of benzene rings is 3. The van der Waals surface area contributed by atoms with E-state index >= 15 is 0 Å². The van der Waals surface area contributed by atoms with Gasteiger partial charge in [0.05, 0.1) is 19.8 Å². The number of hydrogen-bond donors (Lipinski definition) is 4. The maximum absolute atomic E-state index is 11.9. The van der Waals surface area contributed by atoms with Crippen molar-refractivity contribution in [2.24, 2.45) is 23.7 Å². The highest BCUT2D eigenvalue weighted by atomic mass is 16.5. The van der Waals surface area contributed by atoms with E-state index in [2.05, 4.69) is 39.0 Å². The molecule has 48 heavy (non-hydrogen) atoms. The molecule has 3 aromatic rings. The largest absolute Gasteiger partial charge is 0.508 e. The zero-order valence-electron chi connectivity index (χ0n) is 28.7. The lowest BCUT2D eigenvalue weighted by atomic mass is 9.64. The highest BCUT2D eigenvalue weighted by Crippen LogP contribution is 2.56. The minimum Gasteiger partial charge on any atom is -0.508 e. The van der Waals surface area contributed by atoms with E-state index in [0.29, 0.717) is 42.3 Å². The van der Waals surface area contributed by atoms with Crippen molar-refractivity contribution in [2.45, 2.75) is 90.3 Å². The number of phenolic OH excluding ortho intramolecular Hbond substituents is 2. The summed E-state index contributed by atoms with van der Waals surface area (Å²) in [5.74, 6) is 3.95. The van der Waals surface area contributed by atoms with Crippen LogP contribution < -0.4 is 14.2 Å². The van der Waals surface area contributed by atoms with Crippen LogP contribution in [0.3, 0.4) is 0 Å². The van der Waals surface area contributed by atoms with Crippen molar-refractivity contribution in [2.75, 3.05) is 20.3 Å². The lowest BCUT2D eigenvalue weighted by Crippen LogP contribution is -2.34. The molecular weight excluding hydrogens is 604 g/mol. The molecule has 0 amide bonds. The SMILES string of the molecule is CCC1CC(C2Cc3cc(O)c(CC(C)C)cc3-c3c(OC)cc4c(c32)CC(O)C(c2ccc(O)c3c2CCCO3)O4)C=CC1CCO. The van der Waals surface area contributed by atoms with Crippen LogP contribution >= 0.6 is 0 Å². The van der Waals surface area contributed by atoms with Crippen LogP contribution in [0.4, 0.5) is 0 Å². The second kappa shape index (κ2) is 13.3. The Balaban J connectivity index is 1.39. The molecule has 0 aromatic heterocycles. The summed E-state index contributed by atoms with van der Waals surface area (Å²) in [7, 11) is 1.71. The van der Waals surface area contributed by atoms with E-state index < -0.39 is 12.2 Å². The Hall–Kier alpha value is -3.68. The smallest absolute Gasteiger partial charge is 0.164 e. The minimum absolute atomic E-state index is 0.0919. The van der Waals surface area contributed by atoms with Gasteiger partial charge in [0.25, 0.3) is 0 Å². The molecule has 7 rings (SSSR count). The molecule has 0 radical (unpaired) electrons. The molecule has 0 bridgehead atoms. The summed E-state index contributed by atoms with van der Waals surface area (Å²) in [5, 5.41) is 43.3. The van der Waals surface area contributed by atoms with Gasteiger partial charge in [0, 0.05) is 41.3 Å². The first kappa shape index (κ1) is 32.8. The van der Waals surface area contributed by atoms with Gasteiger partial charge in [0.15, 0.2) is 17.6 Å². The van der Waals surface area contributed by atoms with Gasteiger partial charge in [-0.05, 0) is 109 Å². The predicted molar refractivity (Wildman–Crippen MR) is 186 cm³/mol. The van der Waals surface area contributed by atoms with Gasteiger partial charge >= 0.3 is 0 Å². The highest BCUT2D eigenvalue weighted by Gasteiger charge is 2.42. The molecule has 7 nitrogen and oxygen atoms in total. The van der Waals surface area contributed by atoms with Crippen LogP contribution in [0.1, 0.15) is 91.9 Å². The lowest BCUT2D eigenvalue weighted by Gasteiger charge is -2.42. The molecule has 4 N–H and O–H groups in total. The van der Waals surface area contributed by atoms with Crippen LogP contribution in [0.25, 0.3) is 11.1 Å². The van der Waals surface area contributed by atoms with Gasteiger partial charge in [-0.3, -0.25) is 0 Å². The fourth-order valence-corrected chi connectivity index (χ4v) is 9.08. The Morgan fingerprint density at radius 1 is 1.02 bits per heavy atom. The van der Waals surface area contributed by atoms with Crippen molar-refractivity contribution < 1.29 is 34.6 Å². The van der Waals surface area contributed by atoms with E-state index in [1.807, 2.05) is 18.2 Å². The summed E-state index contributed by atoms with van der Waals surface area (Å²) in [6, 6.07) is 9.61. The Morgan fingerprint density at radius 3 is 2.60 bits per heavy atom. The molecule has 256 valence electrons. The predicted octanol–water partition coefficient (Wildman–Crippen LogP) is 7.57. The number of aliphatic hydroxyl groups excluding tert-OH is 2. The second-order valence-corrected chi connectivity index (χ2v) is 14.8. The van der Waals surface area contributed by atoms with E-state index in [1.165, 1.54) is 5.56 Å². The molecule has 0 saturated carbocycles. The van der Waals surface area contributed by atoms with Gasteiger partial charge in [-0.2, -0.15) is 0 Å². The topological polar surface area (TPSA) is 109 Å². The molecule has 4 aliphatic rings. The third-order valence-electron chi connectivity index (χ3n) is 11.3. The summed E-state index contributed by atoms with van der Waals surface area (Å²) in [4.78, 5) is 0. The number of methoxy groups -OCH3 is 1. The first-order valence-electron chi connectivity index (χ1n) is 17.9. The molecule has 2 aliphatic carbocycles. The molecule has 7 heteroatoms. The Bertz CT molecular complexity index is 1710. The average Bonchev–Trinajstić information content (AvgIpc) is 3.08. The number of rotatable bonds is 8. The number of hydrogen-bond acceptors (Lipinski definition) is 7. The van der Waals surface area contributed by atoms with Gasteiger partial charge < -0.3 is 34.6 Å². The van der Waals surface area contributed by atoms with Crippen molar-refractivity contribution in [1.29, 1.82) is 0 Å². The second-order valence-electron chi connectivity index (χ2n) is 14.8. The van der Waals surface area contributed by atoms with E-state index in [0.717, 1.165) is 95.4 Å². The summed E-state index contributed by atoms with van der Waals surface area (Å²) < 4.78 is 18.8. The van der Waals surface area contributed by atoms with Crippen LogP contribution in [0.15, 0.2) is 42.5 Å². The summed E-state index contributed by atoms with van der Waals surface area (Å²) >= 11 is 0. The first-order valence-corrected chi connectivity index (χ1v) is 17.9. The summed E-state index contributed by atoms with van der Waals surface area (Å²) in [5.41, 5.74) is 8.11. The van der Waals surface area contributed by atoms with Crippen LogP contribution in [0.5, 0.6) is 28.7 Å². The van der Waals surface area contributed by atoms with Crippen LogP contribution in [0, 0.1) is 23.7 Å². The fraction of sp³-hybridized carbons (Fsp3) is 0.512. The quantitative estimate of drug-likeness (QED) is 0.186. The molecular formula is C41H50O7. The van der Waals surface area contributed by atoms with Crippen molar-refractivity contribution in [3.8, 4) is 39.9 Å². The number of aliphatic hydroxyl groups is 2. The van der Waals surface area contributed by atoms with Gasteiger partial charge in [0.1, 0.15) is 17.2 Å². The summed E-state index contributed by atoms with van der Waals surface area (Å²) in [6.07, 6.45) is 9.63. The first-order chi connectivity index (χ1) is 23.2. The normalized spacial score (nSPS) is 25.7. The van der Waals surface area contributed by atoms with E-state index in [4.69, 9.17) is 14.2 Å². The number of phenols is 2. The summed E-state index contributed by atoms with van der Waals surface area (Å²) in [6.45, 7) is 7.31. The van der Waals surface area contributed by atoms with Crippen molar-refractivity contribution in [3.63, 3.8) is 0 Å². The molecule has 6 unspecified atom stereocenters. The van der Waals surface area contributed by atoms with E-state index in [-0.39, 0.29) is 24.2 Å². The molecule has 0 spiro atoms. The average molecular weight is 655 g/mol. The zero-order valence-corrected chi connectivity index (χ0v) is 28.7. The van der Waals surface area contributed by atoms with E-state index in [1.54, 1.807) is 13.2 Å². The molecule has 3 aromatic carbocycles. The molecule has 0 fully saturated rings. The van der Waals surface area contributed by atoms with Gasteiger partial charge in [-0.25, -0.2) is 0 Å². The van der Waals surface area contributed by atoms with Gasteiger partial charge in [-0.15, -0.1) is 0 Å². The lowest BCUT2D eigenvalue weighted by molar-refractivity contribution is 0.0192. The number of allylic oxidation sites excluding steroid dienone is 2. The zero-order chi connectivity index (χ0) is 33.7. The Morgan fingerprint density at radius 2 is 1.85 bits per heavy atom. The fourth-order valence-electron chi connectivity index (χ4n) is 9.08. The molecule has 0 saturated heterocycles. The van der Waals surface area contributed by atoms with E-state index in [9.17, 15) is 20.4 Å². The standard InChI is InChI=1S/C41H50O7/c1-5-23-16-25(9-8-24(23)12-13-42)30-17-26-19-34(44)27(15-22(2)3)18-31(26)39-37(46-4)21-36-32(38(30)39)20-35(45)41(48-36)29-10-11-33(43)40-28(29)7-6-14-47-40/h8-11,18-19,21-25,30,35,41-45H,5-7,12-17,20H2,1-4H3. The minimum atomic E-state index is -0.803. The van der Waals surface area contributed by atoms with Crippen molar-refractivity contribution >= 4 is 0 Å². The van der Waals surface area contributed by atoms with Crippen LogP contribution in [0.2, 0.25) is 0 Å². The number of aromatic hydroxyl groups is 2.